The minimum Gasteiger partial charge on any atom is -0.497 e. The van der Waals surface area contributed by atoms with E-state index in [2.05, 4.69) is 30.7 Å². The van der Waals surface area contributed by atoms with Crippen molar-refractivity contribution in [3.05, 3.63) is 50.8 Å². The lowest BCUT2D eigenvalue weighted by Crippen LogP contribution is -2.16. The first kappa shape index (κ1) is 19.4. The second-order valence-electron chi connectivity index (χ2n) is 6.17. The molecule has 0 radical (unpaired) electrons. The highest BCUT2D eigenvalue weighted by Crippen LogP contribution is 2.33. The Morgan fingerprint density at radius 2 is 1.93 bits per heavy atom. The summed E-state index contributed by atoms with van der Waals surface area (Å²) < 4.78 is 12.9. The smallest absolute Gasteiger partial charge is 0.206 e. The Morgan fingerprint density at radius 3 is 2.56 bits per heavy atom. The van der Waals surface area contributed by atoms with Crippen LogP contribution < -0.4 is 14.3 Å². The number of hydrogen-bond acceptors (Lipinski definition) is 6. The number of nitrogens with zero attached hydrogens (tertiary/aromatic N) is 3. The Balaban J connectivity index is 2.23. The summed E-state index contributed by atoms with van der Waals surface area (Å²) in [6, 6.07) is 10.0. The van der Waals surface area contributed by atoms with Crippen molar-refractivity contribution in [1.82, 2.24) is 4.68 Å². The number of ether oxygens (including phenoxy) is 2. The second-order valence-corrected chi connectivity index (χ2v) is 7.95. The van der Waals surface area contributed by atoms with Gasteiger partial charge in [0.05, 0.1) is 30.5 Å². The Kier molecular flexibility index (Phi) is 6.13. The van der Waals surface area contributed by atoms with Gasteiger partial charge in [-0.2, -0.15) is 5.10 Å². The van der Waals surface area contributed by atoms with Crippen LogP contribution in [0.1, 0.15) is 25.6 Å². The maximum Gasteiger partial charge on any atom is 0.206 e. The third kappa shape index (κ3) is 4.31. The van der Waals surface area contributed by atoms with Crippen LogP contribution in [0, 0.1) is 0 Å². The van der Waals surface area contributed by atoms with E-state index in [1.54, 1.807) is 36.9 Å². The number of hydrogen-bond donors (Lipinski definition) is 0. The molecule has 3 aromatic rings. The molecule has 7 heteroatoms. The molecule has 0 bridgehead atoms. The lowest BCUT2D eigenvalue weighted by molar-refractivity contribution is 0.404. The fraction of sp³-hybridized carbons (Fsp3) is 0.300. The summed E-state index contributed by atoms with van der Waals surface area (Å²) in [7, 11) is 3.33. The predicted molar refractivity (Wildman–Crippen MR) is 113 cm³/mol. The van der Waals surface area contributed by atoms with E-state index in [1.165, 1.54) is 0 Å². The van der Waals surface area contributed by atoms with Gasteiger partial charge in [-0.25, -0.2) is 4.68 Å². The van der Waals surface area contributed by atoms with Crippen LogP contribution in [-0.2, 0) is 0 Å². The molecule has 0 saturated heterocycles. The van der Waals surface area contributed by atoms with Gasteiger partial charge in [-0.3, -0.25) is 4.99 Å². The molecule has 0 aliphatic carbocycles. The van der Waals surface area contributed by atoms with Crippen molar-refractivity contribution >= 4 is 28.4 Å². The summed E-state index contributed by atoms with van der Waals surface area (Å²) >= 11 is 3.24. The second kappa shape index (κ2) is 8.54. The number of aromatic nitrogens is 1. The molecule has 27 heavy (non-hydrogen) atoms. The minimum absolute atomic E-state index is 0.173. The van der Waals surface area contributed by atoms with Gasteiger partial charge in [0, 0.05) is 17.0 Å². The maximum absolute atomic E-state index is 5.58. The summed E-state index contributed by atoms with van der Waals surface area (Å²) in [5, 5.41) is 9.00. The van der Waals surface area contributed by atoms with Crippen LogP contribution in [0.5, 0.6) is 11.5 Å². The molecule has 0 N–H and O–H groups in total. The van der Waals surface area contributed by atoms with Crippen molar-refractivity contribution in [1.29, 1.82) is 0 Å². The summed E-state index contributed by atoms with van der Waals surface area (Å²) in [6.45, 7) is 6.14. The third-order valence-electron chi connectivity index (χ3n) is 3.86. The van der Waals surface area contributed by atoms with Gasteiger partial charge in [0.15, 0.2) is 0 Å². The zero-order valence-corrected chi connectivity index (χ0v) is 17.7. The zero-order valence-electron chi connectivity index (χ0n) is 16.1. The van der Waals surface area contributed by atoms with Gasteiger partial charge in [-0.05, 0) is 50.4 Å². The van der Waals surface area contributed by atoms with Crippen LogP contribution in [0.4, 0.5) is 0 Å². The summed E-state index contributed by atoms with van der Waals surface area (Å²) in [5.41, 5.74) is 2.78. The van der Waals surface area contributed by atoms with E-state index >= 15 is 0 Å². The van der Waals surface area contributed by atoms with E-state index in [0.29, 0.717) is 0 Å². The van der Waals surface area contributed by atoms with Crippen LogP contribution >= 0.6 is 22.7 Å². The Labute approximate surface area is 167 Å². The van der Waals surface area contributed by atoms with Crippen molar-refractivity contribution < 1.29 is 9.47 Å². The molecule has 0 unspecified atom stereocenters. The number of rotatable bonds is 6. The van der Waals surface area contributed by atoms with Crippen LogP contribution in [-0.4, -0.2) is 30.6 Å². The first-order valence-corrected chi connectivity index (χ1v) is 10.4. The van der Waals surface area contributed by atoms with Crippen molar-refractivity contribution in [2.45, 2.75) is 26.8 Å². The van der Waals surface area contributed by atoms with Crippen molar-refractivity contribution in [3.63, 3.8) is 0 Å². The molecule has 0 spiro atoms. The van der Waals surface area contributed by atoms with Crippen molar-refractivity contribution in [2.75, 3.05) is 14.2 Å². The lowest BCUT2D eigenvalue weighted by Gasteiger charge is -2.11. The van der Waals surface area contributed by atoms with E-state index in [4.69, 9.17) is 19.6 Å². The first-order chi connectivity index (χ1) is 13.0. The minimum atomic E-state index is 0.173. The predicted octanol–water partition coefficient (Wildman–Crippen LogP) is 4.88. The Hall–Kier alpha value is -2.38. The van der Waals surface area contributed by atoms with Gasteiger partial charge in [0.2, 0.25) is 4.80 Å². The molecule has 3 rings (SSSR count). The highest BCUT2D eigenvalue weighted by Gasteiger charge is 2.15. The SMILES string of the molecule is COc1ccc(OC)c(-c2csc(=NC(C)C)n2N=C(C)c2cccs2)c1. The first-order valence-electron chi connectivity index (χ1n) is 8.59. The summed E-state index contributed by atoms with van der Waals surface area (Å²) in [4.78, 5) is 6.72. The van der Waals surface area contributed by atoms with Gasteiger partial charge >= 0.3 is 0 Å². The standard InChI is InChI=1S/C20H23N3O2S2/c1-13(2)21-20-23(22-14(3)19-7-6-10-26-19)17(12-27-20)16-11-15(24-4)8-9-18(16)25-5/h6-13H,1-5H3. The van der Waals surface area contributed by atoms with E-state index in [-0.39, 0.29) is 6.04 Å². The summed E-state index contributed by atoms with van der Waals surface area (Å²) in [5.74, 6) is 1.53. The fourth-order valence-corrected chi connectivity index (χ4v) is 4.22. The molecule has 0 aliphatic rings. The number of methoxy groups -OCH3 is 2. The number of benzene rings is 1. The van der Waals surface area contributed by atoms with E-state index in [0.717, 1.165) is 38.1 Å². The molecular formula is C20H23N3O2S2. The molecule has 5 nitrogen and oxygen atoms in total. The van der Waals surface area contributed by atoms with Crippen LogP contribution in [0.15, 0.2) is 51.2 Å². The van der Waals surface area contributed by atoms with E-state index in [1.807, 2.05) is 35.9 Å². The Bertz CT molecular complexity index is 999. The monoisotopic (exact) mass is 401 g/mol. The molecule has 1 aromatic carbocycles. The van der Waals surface area contributed by atoms with Gasteiger partial charge in [0.25, 0.3) is 0 Å². The largest absolute Gasteiger partial charge is 0.497 e. The molecule has 0 saturated carbocycles. The van der Waals surface area contributed by atoms with Crippen LogP contribution in [0.3, 0.4) is 0 Å². The maximum atomic E-state index is 5.58. The number of thiophene rings is 1. The third-order valence-corrected chi connectivity index (χ3v) is 5.67. The van der Waals surface area contributed by atoms with Gasteiger partial charge in [-0.15, -0.1) is 22.7 Å². The molecule has 0 aliphatic heterocycles. The van der Waals surface area contributed by atoms with Crippen molar-refractivity contribution in [2.24, 2.45) is 10.1 Å². The highest BCUT2D eigenvalue weighted by atomic mass is 32.1. The van der Waals surface area contributed by atoms with Gasteiger partial charge in [-0.1, -0.05) is 6.07 Å². The lowest BCUT2D eigenvalue weighted by atomic mass is 10.1. The molecule has 142 valence electrons. The van der Waals surface area contributed by atoms with E-state index in [9.17, 15) is 0 Å². The zero-order chi connectivity index (χ0) is 19.4. The van der Waals surface area contributed by atoms with Gasteiger partial charge in [0.1, 0.15) is 11.5 Å². The van der Waals surface area contributed by atoms with Crippen molar-refractivity contribution in [3.8, 4) is 22.8 Å². The van der Waals surface area contributed by atoms with Crippen LogP contribution in [0.2, 0.25) is 0 Å². The molecular weight excluding hydrogens is 378 g/mol. The average Bonchev–Trinajstić information content (AvgIpc) is 3.32. The average molecular weight is 402 g/mol. The molecule has 0 atom stereocenters. The van der Waals surface area contributed by atoms with E-state index < -0.39 is 0 Å². The fourth-order valence-electron chi connectivity index (χ4n) is 2.59. The molecule has 2 heterocycles. The topological polar surface area (TPSA) is 48.1 Å². The number of thiazole rings is 1. The molecule has 0 amide bonds. The molecule has 2 aromatic heterocycles. The normalized spacial score (nSPS) is 12.7. The van der Waals surface area contributed by atoms with Gasteiger partial charge < -0.3 is 9.47 Å². The quantitative estimate of drug-likeness (QED) is 0.553. The Morgan fingerprint density at radius 1 is 1.11 bits per heavy atom. The molecule has 0 fully saturated rings. The van der Waals surface area contributed by atoms with Crippen LogP contribution in [0.25, 0.3) is 11.3 Å². The highest BCUT2D eigenvalue weighted by molar-refractivity contribution is 7.12. The summed E-state index contributed by atoms with van der Waals surface area (Å²) in [6.07, 6.45) is 0.